The third-order valence-corrected chi connectivity index (χ3v) is 6.18. The molecular weight excluding hydrogens is 481 g/mol. The van der Waals surface area contributed by atoms with Crippen molar-refractivity contribution in [3.63, 3.8) is 0 Å². The van der Waals surface area contributed by atoms with Gasteiger partial charge in [0.1, 0.15) is 5.82 Å². The van der Waals surface area contributed by atoms with Crippen LogP contribution in [0.5, 0.6) is 0 Å². The molecule has 1 amide bonds. The monoisotopic (exact) mass is 506 g/mol. The number of pyridine rings is 1. The number of para-hydroxylation sites is 1. The highest BCUT2D eigenvalue weighted by molar-refractivity contribution is 6.07. The first-order valence-corrected chi connectivity index (χ1v) is 11.9. The minimum atomic E-state index is -4.44. The molecule has 5 rings (SSSR count). The number of carbonyl (C=O) groups excluding carboxylic acids is 1. The molecule has 0 bridgehead atoms. The Morgan fingerprint density at radius 1 is 0.946 bits per heavy atom. The van der Waals surface area contributed by atoms with Crippen molar-refractivity contribution in [1.29, 1.82) is 0 Å². The van der Waals surface area contributed by atoms with E-state index in [1.807, 2.05) is 42.5 Å². The van der Waals surface area contributed by atoms with Gasteiger partial charge in [-0.05, 0) is 54.1 Å². The van der Waals surface area contributed by atoms with Crippen molar-refractivity contribution in [2.45, 2.75) is 12.7 Å². The number of aromatic nitrogens is 1. The molecule has 6 nitrogen and oxygen atoms in total. The number of carbonyl (C=O) groups is 1. The number of rotatable bonds is 6. The van der Waals surface area contributed by atoms with Crippen LogP contribution in [0.1, 0.15) is 21.5 Å². The van der Waals surface area contributed by atoms with E-state index in [4.69, 9.17) is 4.74 Å². The summed E-state index contributed by atoms with van der Waals surface area (Å²) in [4.78, 5) is 20.0. The number of benzene rings is 3. The summed E-state index contributed by atoms with van der Waals surface area (Å²) < 4.78 is 44.5. The SMILES string of the molecule is O=C(NCc1cccc(C(F)(F)F)c1)c1cc(Nc2ccc(N3CCOCC3)cc2)nc2ccccc12. The Kier molecular flexibility index (Phi) is 6.96. The number of anilines is 3. The average molecular weight is 507 g/mol. The van der Waals surface area contributed by atoms with Crippen molar-refractivity contribution in [3.05, 3.63) is 95.6 Å². The Morgan fingerprint density at radius 2 is 1.70 bits per heavy atom. The molecule has 4 aromatic rings. The molecule has 1 fully saturated rings. The fourth-order valence-electron chi connectivity index (χ4n) is 4.29. The second kappa shape index (κ2) is 10.5. The Balaban J connectivity index is 1.35. The molecule has 37 heavy (non-hydrogen) atoms. The molecule has 1 saturated heterocycles. The maximum absolute atomic E-state index is 13.1. The molecule has 0 spiro atoms. The Bertz CT molecular complexity index is 1400. The smallest absolute Gasteiger partial charge is 0.378 e. The molecule has 0 unspecified atom stereocenters. The molecule has 2 N–H and O–H groups in total. The Hall–Kier alpha value is -4.11. The standard InChI is InChI=1S/C28H25F3N4O2/c29-28(30,31)20-5-3-4-19(16-20)18-32-27(36)24-17-26(34-25-7-2-1-6-23(24)25)33-21-8-10-22(11-9-21)35-12-14-37-15-13-35/h1-11,16-17H,12-15,18H2,(H,32,36)(H,33,34). The Morgan fingerprint density at radius 3 is 2.46 bits per heavy atom. The van der Waals surface area contributed by atoms with Crippen molar-refractivity contribution in [2.24, 2.45) is 0 Å². The van der Waals surface area contributed by atoms with Gasteiger partial charge in [0, 0.05) is 36.4 Å². The molecule has 0 radical (unpaired) electrons. The molecule has 1 aliphatic heterocycles. The summed E-state index contributed by atoms with van der Waals surface area (Å²) in [6.07, 6.45) is -4.44. The zero-order valence-corrected chi connectivity index (χ0v) is 19.9. The highest BCUT2D eigenvalue weighted by Crippen LogP contribution is 2.30. The van der Waals surface area contributed by atoms with Gasteiger partial charge in [-0.3, -0.25) is 4.79 Å². The molecule has 2 heterocycles. The van der Waals surface area contributed by atoms with Crippen LogP contribution in [0.3, 0.4) is 0 Å². The van der Waals surface area contributed by atoms with Gasteiger partial charge in [-0.1, -0.05) is 30.3 Å². The summed E-state index contributed by atoms with van der Waals surface area (Å²) in [6, 6.07) is 21.8. The predicted octanol–water partition coefficient (Wildman–Crippen LogP) is 5.76. The highest BCUT2D eigenvalue weighted by atomic mass is 19.4. The molecular formula is C28H25F3N4O2. The van der Waals surface area contributed by atoms with Gasteiger partial charge in [0.25, 0.3) is 5.91 Å². The molecule has 0 aliphatic carbocycles. The lowest BCUT2D eigenvalue weighted by molar-refractivity contribution is -0.137. The summed E-state index contributed by atoms with van der Waals surface area (Å²) in [5.41, 5.74) is 2.54. The van der Waals surface area contributed by atoms with Crippen LogP contribution in [-0.2, 0) is 17.5 Å². The maximum Gasteiger partial charge on any atom is 0.416 e. The van der Waals surface area contributed by atoms with Gasteiger partial charge in [-0.15, -0.1) is 0 Å². The number of alkyl halides is 3. The van der Waals surface area contributed by atoms with Crippen molar-refractivity contribution in [2.75, 3.05) is 36.5 Å². The third-order valence-electron chi connectivity index (χ3n) is 6.18. The number of fused-ring (bicyclic) bond motifs is 1. The second-order valence-electron chi connectivity index (χ2n) is 8.72. The van der Waals surface area contributed by atoms with Crippen molar-refractivity contribution < 1.29 is 22.7 Å². The van der Waals surface area contributed by atoms with E-state index >= 15 is 0 Å². The lowest BCUT2D eigenvalue weighted by atomic mass is 10.1. The van der Waals surface area contributed by atoms with Crippen LogP contribution in [0.4, 0.5) is 30.4 Å². The van der Waals surface area contributed by atoms with E-state index in [0.717, 1.165) is 36.6 Å². The summed E-state index contributed by atoms with van der Waals surface area (Å²) >= 11 is 0. The van der Waals surface area contributed by atoms with E-state index in [2.05, 4.69) is 20.5 Å². The molecule has 0 saturated carbocycles. The number of ether oxygens (including phenoxy) is 1. The number of hydrogen-bond donors (Lipinski definition) is 2. The number of hydrogen-bond acceptors (Lipinski definition) is 5. The quantitative estimate of drug-likeness (QED) is 0.348. The number of nitrogens with zero attached hydrogens (tertiary/aromatic N) is 2. The van der Waals surface area contributed by atoms with E-state index in [-0.39, 0.29) is 6.54 Å². The number of halogens is 3. The maximum atomic E-state index is 13.1. The molecule has 1 aliphatic rings. The first-order chi connectivity index (χ1) is 17.9. The van der Waals surface area contributed by atoms with Crippen LogP contribution in [0.25, 0.3) is 10.9 Å². The summed E-state index contributed by atoms with van der Waals surface area (Å²) in [5.74, 6) is 0.0868. The third kappa shape index (κ3) is 5.83. The van der Waals surface area contributed by atoms with Crippen LogP contribution in [0.15, 0.2) is 78.9 Å². The minimum Gasteiger partial charge on any atom is -0.378 e. The van der Waals surface area contributed by atoms with Crippen LogP contribution >= 0.6 is 0 Å². The van der Waals surface area contributed by atoms with Crippen LogP contribution < -0.4 is 15.5 Å². The van der Waals surface area contributed by atoms with Crippen molar-refractivity contribution in [1.82, 2.24) is 10.3 Å². The lowest BCUT2D eigenvalue weighted by Gasteiger charge is -2.28. The van der Waals surface area contributed by atoms with Gasteiger partial charge in [-0.25, -0.2) is 4.98 Å². The van der Waals surface area contributed by atoms with E-state index in [9.17, 15) is 18.0 Å². The van der Waals surface area contributed by atoms with E-state index in [1.165, 1.54) is 6.07 Å². The summed E-state index contributed by atoms with van der Waals surface area (Å²) in [5, 5.41) is 6.65. The van der Waals surface area contributed by atoms with E-state index < -0.39 is 17.6 Å². The van der Waals surface area contributed by atoms with E-state index in [1.54, 1.807) is 18.2 Å². The highest BCUT2D eigenvalue weighted by Gasteiger charge is 2.30. The summed E-state index contributed by atoms with van der Waals surface area (Å²) in [7, 11) is 0. The number of amides is 1. The predicted molar refractivity (Wildman–Crippen MR) is 137 cm³/mol. The zero-order chi connectivity index (χ0) is 25.8. The zero-order valence-electron chi connectivity index (χ0n) is 19.9. The minimum absolute atomic E-state index is 0.0365. The van der Waals surface area contributed by atoms with Gasteiger partial charge in [-0.2, -0.15) is 13.2 Å². The molecule has 190 valence electrons. The van der Waals surface area contributed by atoms with Gasteiger partial charge >= 0.3 is 6.18 Å². The summed E-state index contributed by atoms with van der Waals surface area (Å²) in [6.45, 7) is 3.07. The number of nitrogens with one attached hydrogen (secondary N) is 2. The normalized spacial score (nSPS) is 14.0. The number of morpholine rings is 1. The van der Waals surface area contributed by atoms with Crippen LogP contribution in [0, 0.1) is 0 Å². The fourth-order valence-corrected chi connectivity index (χ4v) is 4.29. The van der Waals surface area contributed by atoms with Gasteiger partial charge in [0.05, 0.1) is 29.9 Å². The first-order valence-electron chi connectivity index (χ1n) is 11.9. The topological polar surface area (TPSA) is 66.5 Å². The molecule has 3 aromatic carbocycles. The lowest BCUT2D eigenvalue weighted by Crippen LogP contribution is -2.36. The van der Waals surface area contributed by atoms with Gasteiger partial charge in [0.2, 0.25) is 0 Å². The fraction of sp³-hybridized carbons (Fsp3) is 0.214. The molecule has 9 heteroatoms. The van der Waals surface area contributed by atoms with Gasteiger partial charge < -0.3 is 20.3 Å². The molecule has 0 atom stereocenters. The van der Waals surface area contributed by atoms with Crippen LogP contribution in [-0.4, -0.2) is 37.2 Å². The van der Waals surface area contributed by atoms with Crippen molar-refractivity contribution >= 4 is 34.0 Å². The largest absolute Gasteiger partial charge is 0.416 e. The van der Waals surface area contributed by atoms with Crippen molar-refractivity contribution in [3.8, 4) is 0 Å². The van der Waals surface area contributed by atoms with E-state index in [0.29, 0.717) is 41.1 Å². The second-order valence-corrected chi connectivity index (χ2v) is 8.72. The van der Waals surface area contributed by atoms with Crippen LogP contribution in [0.2, 0.25) is 0 Å². The average Bonchev–Trinajstić information content (AvgIpc) is 2.92. The molecule has 1 aromatic heterocycles. The van der Waals surface area contributed by atoms with Gasteiger partial charge in [0.15, 0.2) is 0 Å². The first kappa shape index (κ1) is 24.6. The Labute approximate surface area is 212 Å².